The van der Waals surface area contributed by atoms with Crippen molar-refractivity contribution in [3.8, 4) is 0 Å². The Kier molecular flexibility index (Phi) is 6.12. The molecule has 0 saturated carbocycles. The fraction of sp³-hybridized carbons (Fsp3) is 0.381. The number of nitrogens with one attached hydrogen (secondary N) is 2. The number of carbonyl (C=O) groups excluding carboxylic acids is 2. The zero-order valence-corrected chi connectivity index (χ0v) is 18.8. The molecule has 0 aliphatic rings. The van der Waals surface area contributed by atoms with E-state index >= 15 is 0 Å². The molecule has 0 spiro atoms. The third-order valence-corrected chi connectivity index (χ3v) is 5.20. The first kappa shape index (κ1) is 21.8. The van der Waals surface area contributed by atoms with E-state index in [2.05, 4.69) is 25.7 Å². The Bertz CT molecular complexity index is 1100. The second-order valence-electron chi connectivity index (χ2n) is 8.08. The summed E-state index contributed by atoms with van der Waals surface area (Å²) in [5, 5.41) is 10.8. The molecule has 0 aliphatic heterocycles. The summed E-state index contributed by atoms with van der Waals surface area (Å²) in [6.07, 6.45) is 2.09. The summed E-state index contributed by atoms with van der Waals surface area (Å²) in [5.41, 5.74) is 3.30. The minimum atomic E-state index is -0.474. The van der Waals surface area contributed by atoms with E-state index in [-0.39, 0.29) is 18.2 Å². The Balaban J connectivity index is 1.71. The predicted molar refractivity (Wildman–Crippen MR) is 119 cm³/mol. The van der Waals surface area contributed by atoms with E-state index in [1.54, 1.807) is 28.8 Å². The molecule has 0 unspecified atom stereocenters. The van der Waals surface area contributed by atoms with Gasteiger partial charge in [0.15, 0.2) is 0 Å². The van der Waals surface area contributed by atoms with Gasteiger partial charge in [-0.25, -0.2) is 9.50 Å². The Morgan fingerprint density at radius 3 is 2.20 bits per heavy atom. The van der Waals surface area contributed by atoms with Crippen LogP contribution in [0.4, 0.5) is 11.4 Å². The van der Waals surface area contributed by atoms with Crippen molar-refractivity contribution in [2.24, 2.45) is 5.41 Å². The van der Waals surface area contributed by atoms with E-state index in [4.69, 9.17) is 0 Å². The maximum Gasteiger partial charge on any atom is 0.253 e. The summed E-state index contributed by atoms with van der Waals surface area (Å²) in [5.74, 6) is 0.316. The highest BCUT2D eigenvalue weighted by molar-refractivity contribution is 7.98. The molecule has 0 fully saturated rings. The van der Waals surface area contributed by atoms with Gasteiger partial charge in [0.25, 0.3) is 5.78 Å². The van der Waals surface area contributed by atoms with Crippen molar-refractivity contribution in [3.63, 3.8) is 0 Å². The van der Waals surface area contributed by atoms with Gasteiger partial charge in [-0.05, 0) is 44.4 Å². The van der Waals surface area contributed by atoms with Gasteiger partial charge < -0.3 is 10.6 Å². The predicted octanol–water partition coefficient (Wildman–Crippen LogP) is 3.63. The first-order valence-electron chi connectivity index (χ1n) is 9.56. The summed E-state index contributed by atoms with van der Waals surface area (Å²) < 4.78 is 1.67. The SMILES string of the molecule is CSc1nc2nc(C)c(CC(=O)Nc3ccc(NC(=O)C(C)(C)C)cc3)c(C)n2n1. The second-order valence-corrected chi connectivity index (χ2v) is 8.85. The molecule has 0 aliphatic carbocycles. The Labute approximate surface area is 179 Å². The number of thioether (sulfide) groups is 1. The molecule has 9 heteroatoms. The molecule has 1 aromatic carbocycles. The Morgan fingerprint density at radius 2 is 1.63 bits per heavy atom. The average Bonchev–Trinajstić information content (AvgIpc) is 3.09. The molecule has 0 radical (unpaired) electrons. The first-order valence-corrected chi connectivity index (χ1v) is 10.8. The van der Waals surface area contributed by atoms with Crippen LogP contribution in [-0.4, -0.2) is 37.7 Å². The number of hydrogen-bond donors (Lipinski definition) is 2. The van der Waals surface area contributed by atoms with E-state index in [0.29, 0.717) is 22.3 Å². The van der Waals surface area contributed by atoms with Crippen molar-refractivity contribution in [2.75, 3.05) is 16.9 Å². The molecule has 0 bridgehead atoms. The van der Waals surface area contributed by atoms with Crippen molar-refractivity contribution in [1.29, 1.82) is 0 Å². The van der Waals surface area contributed by atoms with Gasteiger partial charge in [-0.15, -0.1) is 5.10 Å². The number of anilines is 2. The van der Waals surface area contributed by atoms with Gasteiger partial charge in [0.1, 0.15) is 0 Å². The number of benzene rings is 1. The number of aryl methyl sites for hydroxylation is 2. The van der Waals surface area contributed by atoms with Crippen molar-refractivity contribution in [3.05, 3.63) is 41.2 Å². The summed E-state index contributed by atoms with van der Waals surface area (Å²) in [6.45, 7) is 9.35. The summed E-state index contributed by atoms with van der Waals surface area (Å²) in [4.78, 5) is 33.5. The molecule has 3 aromatic rings. The molecule has 2 heterocycles. The van der Waals surface area contributed by atoms with Crippen LogP contribution in [0, 0.1) is 19.3 Å². The van der Waals surface area contributed by atoms with Gasteiger partial charge in [-0.2, -0.15) is 4.98 Å². The van der Waals surface area contributed by atoms with E-state index in [1.165, 1.54) is 11.8 Å². The van der Waals surface area contributed by atoms with Crippen molar-refractivity contribution >= 4 is 40.7 Å². The van der Waals surface area contributed by atoms with Crippen LogP contribution in [0.25, 0.3) is 5.78 Å². The third kappa shape index (κ3) is 4.79. The van der Waals surface area contributed by atoms with E-state index in [9.17, 15) is 9.59 Å². The molecule has 2 amide bonds. The van der Waals surface area contributed by atoms with Gasteiger partial charge in [-0.3, -0.25) is 9.59 Å². The zero-order chi connectivity index (χ0) is 22.1. The number of amides is 2. The molecule has 3 rings (SSSR count). The number of rotatable bonds is 5. The molecule has 30 heavy (non-hydrogen) atoms. The minimum Gasteiger partial charge on any atom is -0.326 e. The summed E-state index contributed by atoms with van der Waals surface area (Å²) in [6, 6.07) is 7.06. The first-order chi connectivity index (χ1) is 14.1. The van der Waals surface area contributed by atoms with Crippen molar-refractivity contribution in [1.82, 2.24) is 19.6 Å². The lowest BCUT2D eigenvalue weighted by Crippen LogP contribution is -2.27. The lowest BCUT2D eigenvalue weighted by Gasteiger charge is -2.17. The molecule has 158 valence electrons. The number of hydrogen-bond acceptors (Lipinski definition) is 6. The topological polar surface area (TPSA) is 101 Å². The molecule has 2 aromatic heterocycles. The maximum absolute atomic E-state index is 12.6. The standard InChI is InChI=1S/C21H26N6O2S/c1-12-16(13(2)27-19(22-12)25-20(26-27)30-6)11-17(28)23-14-7-9-15(10-8-14)24-18(29)21(3,4)5/h7-10H,11H2,1-6H3,(H,23,28)(H,24,29). The normalized spacial score (nSPS) is 11.5. The summed E-state index contributed by atoms with van der Waals surface area (Å²) in [7, 11) is 0. The highest BCUT2D eigenvalue weighted by atomic mass is 32.2. The molecule has 0 saturated heterocycles. The van der Waals surface area contributed by atoms with Crippen LogP contribution >= 0.6 is 11.8 Å². The average molecular weight is 427 g/mol. The fourth-order valence-corrected chi connectivity index (χ4v) is 3.19. The highest BCUT2D eigenvalue weighted by Gasteiger charge is 2.21. The maximum atomic E-state index is 12.6. The molecule has 0 atom stereocenters. The summed E-state index contributed by atoms with van der Waals surface area (Å²) >= 11 is 1.45. The van der Waals surface area contributed by atoms with Crippen molar-refractivity contribution < 1.29 is 9.59 Å². The highest BCUT2D eigenvalue weighted by Crippen LogP contribution is 2.20. The van der Waals surface area contributed by atoms with Crippen molar-refractivity contribution in [2.45, 2.75) is 46.2 Å². The largest absolute Gasteiger partial charge is 0.326 e. The minimum absolute atomic E-state index is 0.0640. The Hall–Kier alpha value is -2.94. The van der Waals surface area contributed by atoms with Crippen LogP contribution in [0.5, 0.6) is 0 Å². The smallest absolute Gasteiger partial charge is 0.253 e. The molecule has 8 nitrogen and oxygen atoms in total. The van der Waals surface area contributed by atoms with E-state index in [0.717, 1.165) is 17.0 Å². The van der Waals surface area contributed by atoms with Crippen LogP contribution in [0.2, 0.25) is 0 Å². The molecular weight excluding hydrogens is 400 g/mol. The van der Waals surface area contributed by atoms with Crippen LogP contribution in [0.15, 0.2) is 29.4 Å². The molecule has 2 N–H and O–H groups in total. The number of fused-ring (bicyclic) bond motifs is 1. The monoisotopic (exact) mass is 426 g/mol. The number of carbonyl (C=O) groups is 2. The van der Waals surface area contributed by atoms with E-state index in [1.807, 2.05) is 40.9 Å². The van der Waals surface area contributed by atoms with Crippen LogP contribution in [-0.2, 0) is 16.0 Å². The lowest BCUT2D eigenvalue weighted by atomic mass is 9.95. The van der Waals surface area contributed by atoms with Gasteiger partial charge in [0.2, 0.25) is 17.0 Å². The third-order valence-electron chi connectivity index (χ3n) is 4.66. The van der Waals surface area contributed by atoms with Gasteiger partial charge in [0.05, 0.1) is 6.42 Å². The van der Waals surface area contributed by atoms with Gasteiger partial charge in [0, 0.05) is 33.7 Å². The van der Waals surface area contributed by atoms with Gasteiger partial charge in [-0.1, -0.05) is 32.5 Å². The van der Waals surface area contributed by atoms with Crippen LogP contribution < -0.4 is 10.6 Å². The lowest BCUT2D eigenvalue weighted by molar-refractivity contribution is -0.123. The number of aromatic nitrogens is 4. The van der Waals surface area contributed by atoms with Crippen LogP contribution in [0.1, 0.15) is 37.7 Å². The second kappa shape index (κ2) is 8.43. The van der Waals surface area contributed by atoms with E-state index < -0.39 is 5.41 Å². The zero-order valence-electron chi connectivity index (χ0n) is 18.0. The fourth-order valence-electron chi connectivity index (χ4n) is 2.85. The Morgan fingerprint density at radius 1 is 1.03 bits per heavy atom. The van der Waals surface area contributed by atoms with Gasteiger partial charge >= 0.3 is 0 Å². The quantitative estimate of drug-likeness (QED) is 0.604. The van der Waals surface area contributed by atoms with Crippen LogP contribution in [0.3, 0.4) is 0 Å². The molecular formula is C21H26N6O2S. The number of nitrogens with zero attached hydrogens (tertiary/aromatic N) is 4.